The maximum absolute atomic E-state index is 13.9. The van der Waals surface area contributed by atoms with Gasteiger partial charge in [0.15, 0.2) is 0 Å². The fraction of sp³-hybridized carbons (Fsp3) is 0.172. The van der Waals surface area contributed by atoms with E-state index in [9.17, 15) is 32.3 Å². The lowest BCUT2D eigenvalue weighted by atomic mass is 9.83. The molecule has 43 heavy (non-hydrogen) atoms. The number of thioether (sulfide) groups is 1. The molecule has 1 saturated heterocycles. The number of thiazole rings is 1. The number of alkyl halides is 3. The lowest BCUT2D eigenvalue weighted by molar-refractivity contribution is -0.137. The van der Waals surface area contributed by atoms with Crippen molar-refractivity contribution in [3.8, 4) is 0 Å². The molecule has 1 N–H and O–H groups in total. The fourth-order valence-corrected chi connectivity index (χ4v) is 8.40. The molecule has 3 unspecified atom stereocenters. The largest absolute Gasteiger partial charge is 0.416 e. The number of carbonyl (C=O) groups excluding carboxylic acids is 3. The molecule has 4 aromatic rings. The highest BCUT2D eigenvalue weighted by molar-refractivity contribution is 9.10. The molecule has 3 amide bonds. The topological polar surface area (TPSA) is 88.5 Å². The average Bonchev–Trinajstić information content (AvgIpc) is 3.40. The smallest absolute Gasteiger partial charge is 0.325 e. The van der Waals surface area contributed by atoms with Crippen molar-refractivity contribution in [1.29, 1.82) is 0 Å². The van der Waals surface area contributed by atoms with Crippen molar-refractivity contribution in [3.05, 3.63) is 108 Å². The molecule has 14 heteroatoms. The Kier molecular flexibility index (Phi) is 7.78. The third kappa shape index (κ3) is 5.54. The van der Waals surface area contributed by atoms with Crippen LogP contribution in [0.15, 0.2) is 87.1 Å². The van der Waals surface area contributed by atoms with Gasteiger partial charge >= 0.3 is 11.0 Å². The van der Waals surface area contributed by atoms with Gasteiger partial charge in [-0.2, -0.15) is 13.2 Å². The molecular weight excluding hydrogens is 691 g/mol. The maximum atomic E-state index is 13.9. The number of fused-ring (bicyclic) bond motifs is 2. The van der Waals surface area contributed by atoms with E-state index in [1.807, 2.05) is 0 Å². The van der Waals surface area contributed by atoms with Gasteiger partial charge in [-0.15, -0.1) is 0 Å². The standard InChI is InChI=1S/C29H18BrClF3N3O4S2/c30-16-6-4-14(5-7-16)21-22-23(26(40)37(25(22)39)19-3-1-2-15(12-19)29(32,33)34)42-27-24(21)43-28(41)36(27)13-20(38)35-18-10-8-17(31)9-11-18/h1-12,21-23H,13H2,(H,35,38). The van der Waals surface area contributed by atoms with Gasteiger partial charge < -0.3 is 5.32 Å². The molecule has 1 fully saturated rings. The molecule has 7 nitrogen and oxygen atoms in total. The number of hydrogen-bond donors (Lipinski definition) is 1. The number of imide groups is 1. The van der Waals surface area contributed by atoms with Crippen LogP contribution in [0.5, 0.6) is 0 Å². The van der Waals surface area contributed by atoms with Crippen molar-refractivity contribution >= 4 is 79.7 Å². The number of carbonyl (C=O) groups is 3. The van der Waals surface area contributed by atoms with Gasteiger partial charge in [0.2, 0.25) is 17.7 Å². The Morgan fingerprint density at radius 3 is 2.35 bits per heavy atom. The number of benzene rings is 3. The quantitative estimate of drug-likeness (QED) is 0.231. The van der Waals surface area contributed by atoms with Crippen molar-refractivity contribution in [2.45, 2.75) is 28.9 Å². The van der Waals surface area contributed by atoms with E-state index in [2.05, 4.69) is 21.2 Å². The minimum absolute atomic E-state index is 0.183. The number of nitrogens with zero attached hydrogens (tertiary/aromatic N) is 2. The van der Waals surface area contributed by atoms with E-state index >= 15 is 0 Å². The predicted octanol–water partition coefficient (Wildman–Crippen LogP) is 6.78. The Labute approximate surface area is 263 Å². The molecule has 3 aromatic carbocycles. The second kappa shape index (κ2) is 11.3. The summed E-state index contributed by atoms with van der Waals surface area (Å²) < 4.78 is 42.5. The van der Waals surface area contributed by atoms with Gasteiger partial charge in [0.1, 0.15) is 11.8 Å². The lowest BCUT2D eigenvalue weighted by Crippen LogP contribution is -2.33. The number of aromatic nitrogens is 1. The highest BCUT2D eigenvalue weighted by Gasteiger charge is 2.57. The summed E-state index contributed by atoms with van der Waals surface area (Å²) in [6, 6.07) is 17.6. The zero-order valence-electron chi connectivity index (χ0n) is 21.6. The summed E-state index contributed by atoms with van der Waals surface area (Å²) in [5.74, 6) is -3.58. The van der Waals surface area contributed by atoms with Gasteiger partial charge in [0.25, 0.3) is 0 Å². The van der Waals surface area contributed by atoms with Crippen molar-refractivity contribution < 1.29 is 27.6 Å². The van der Waals surface area contributed by atoms with Gasteiger partial charge in [0.05, 0.1) is 22.2 Å². The number of hydrogen-bond acceptors (Lipinski definition) is 6. The molecule has 0 saturated carbocycles. The molecule has 0 bridgehead atoms. The third-order valence-corrected chi connectivity index (χ3v) is 10.5. The summed E-state index contributed by atoms with van der Waals surface area (Å²) in [5, 5.41) is 2.52. The highest BCUT2D eigenvalue weighted by atomic mass is 79.9. The second-order valence-corrected chi connectivity index (χ2v) is 13.3. The first-order valence-corrected chi connectivity index (χ1v) is 15.5. The van der Waals surface area contributed by atoms with Crippen LogP contribution in [0, 0.1) is 5.92 Å². The van der Waals surface area contributed by atoms with Crippen LogP contribution in [0.4, 0.5) is 24.5 Å². The molecule has 0 spiro atoms. The predicted molar refractivity (Wildman–Crippen MR) is 162 cm³/mol. The minimum Gasteiger partial charge on any atom is -0.325 e. The first-order valence-electron chi connectivity index (χ1n) is 12.7. The Bertz CT molecular complexity index is 1830. The Hall–Kier alpha value is -3.39. The van der Waals surface area contributed by atoms with Crippen LogP contribution in [0.1, 0.15) is 21.9 Å². The normalized spacial score (nSPS) is 19.7. The van der Waals surface area contributed by atoms with Crippen molar-refractivity contribution in [2.75, 3.05) is 10.2 Å². The van der Waals surface area contributed by atoms with Gasteiger partial charge in [-0.1, -0.05) is 68.8 Å². The molecule has 3 atom stereocenters. The SMILES string of the molecule is O=C(Cn1c2c(sc1=O)C(c1ccc(Br)cc1)C1C(=O)N(c3cccc(C(F)(F)F)c3)C(=O)C1S2)Nc1ccc(Cl)cc1. The maximum Gasteiger partial charge on any atom is 0.416 e. The van der Waals surface area contributed by atoms with E-state index in [-0.39, 0.29) is 12.2 Å². The van der Waals surface area contributed by atoms with Gasteiger partial charge in [-0.3, -0.25) is 23.7 Å². The number of amides is 3. The molecule has 2 aliphatic heterocycles. The van der Waals surface area contributed by atoms with Crippen LogP contribution < -0.4 is 15.1 Å². The van der Waals surface area contributed by atoms with Crippen LogP contribution in [-0.2, 0) is 27.1 Å². The van der Waals surface area contributed by atoms with Crippen LogP contribution in [0.2, 0.25) is 5.02 Å². The van der Waals surface area contributed by atoms with E-state index in [1.54, 1.807) is 48.5 Å². The molecule has 2 aliphatic rings. The monoisotopic (exact) mass is 707 g/mol. The summed E-state index contributed by atoms with van der Waals surface area (Å²) in [4.78, 5) is 54.8. The van der Waals surface area contributed by atoms with Crippen molar-refractivity contribution in [3.63, 3.8) is 0 Å². The Balaban J connectivity index is 1.40. The highest BCUT2D eigenvalue weighted by Crippen LogP contribution is 2.54. The molecule has 0 radical (unpaired) electrons. The van der Waals surface area contributed by atoms with Gasteiger partial charge in [-0.05, 0) is 60.2 Å². The Morgan fingerprint density at radius 1 is 0.977 bits per heavy atom. The minimum atomic E-state index is -4.67. The third-order valence-electron chi connectivity index (χ3n) is 7.14. The second-order valence-electron chi connectivity index (χ2n) is 9.83. The van der Waals surface area contributed by atoms with Gasteiger partial charge in [-0.25, -0.2) is 4.90 Å². The number of rotatable bonds is 5. The first kappa shape index (κ1) is 29.7. The summed E-state index contributed by atoms with van der Waals surface area (Å²) >= 11 is 11.2. The lowest BCUT2D eigenvalue weighted by Gasteiger charge is -2.30. The van der Waals surface area contributed by atoms with Crippen LogP contribution >= 0.6 is 50.6 Å². The first-order chi connectivity index (χ1) is 20.4. The summed E-state index contributed by atoms with van der Waals surface area (Å²) in [6.07, 6.45) is -4.67. The Morgan fingerprint density at radius 2 is 1.67 bits per heavy atom. The summed E-state index contributed by atoms with van der Waals surface area (Å²) in [5.41, 5.74) is -0.0548. The number of nitrogens with one attached hydrogen (secondary N) is 1. The zero-order valence-corrected chi connectivity index (χ0v) is 25.6. The van der Waals surface area contributed by atoms with E-state index in [1.165, 1.54) is 10.6 Å². The molecule has 1 aromatic heterocycles. The molecule has 6 rings (SSSR count). The van der Waals surface area contributed by atoms with Crippen LogP contribution in [-0.4, -0.2) is 27.5 Å². The van der Waals surface area contributed by atoms with E-state index < -0.39 is 51.4 Å². The molecule has 0 aliphatic carbocycles. The molecular formula is C29H18BrClF3N3O4S2. The van der Waals surface area contributed by atoms with Crippen LogP contribution in [0.25, 0.3) is 0 Å². The summed E-state index contributed by atoms with van der Waals surface area (Å²) in [6.45, 7) is -0.357. The number of anilines is 2. The summed E-state index contributed by atoms with van der Waals surface area (Å²) in [7, 11) is 0. The van der Waals surface area contributed by atoms with Crippen molar-refractivity contribution in [2.24, 2.45) is 5.92 Å². The van der Waals surface area contributed by atoms with E-state index in [4.69, 9.17) is 11.6 Å². The fourth-order valence-electron chi connectivity index (χ4n) is 5.24. The molecule has 220 valence electrons. The van der Waals surface area contributed by atoms with Gasteiger partial charge in [0, 0.05) is 26.0 Å². The average molecular weight is 709 g/mol. The van der Waals surface area contributed by atoms with E-state index in [0.29, 0.717) is 26.2 Å². The van der Waals surface area contributed by atoms with Crippen LogP contribution in [0.3, 0.4) is 0 Å². The van der Waals surface area contributed by atoms with Crippen molar-refractivity contribution in [1.82, 2.24) is 4.57 Å². The molecule has 3 heterocycles. The number of halogens is 5. The van der Waals surface area contributed by atoms with E-state index in [0.717, 1.165) is 50.7 Å². The zero-order chi connectivity index (χ0) is 30.6.